The molecule has 2 aromatic rings. The van der Waals surface area contributed by atoms with Gasteiger partial charge < -0.3 is 9.84 Å². The highest BCUT2D eigenvalue weighted by molar-refractivity contribution is 7.99. The lowest BCUT2D eigenvalue weighted by Gasteiger charge is -2.30. The van der Waals surface area contributed by atoms with Crippen LogP contribution in [0.5, 0.6) is 0 Å². The summed E-state index contributed by atoms with van der Waals surface area (Å²) in [4.78, 5) is 19.4. The number of aryl methyl sites for hydroxylation is 1. The van der Waals surface area contributed by atoms with E-state index in [9.17, 15) is 4.79 Å². The van der Waals surface area contributed by atoms with Crippen LogP contribution in [0.3, 0.4) is 0 Å². The zero-order valence-electron chi connectivity index (χ0n) is 19.2. The number of piperidine rings is 1. The molecule has 4 rings (SSSR count). The van der Waals surface area contributed by atoms with Gasteiger partial charge in [-0.1, -0.05) is 48.2 Å². The zero-order chi connectivity index (χ0) is 22.2. The maximum Gasteiger partial charge on any atom is 0.241 e. The fourth-order valence-corrected chi connectivity index (χ4v) is 5.99. The molecular formula is C25H36N4O2S. The third kappa shape index (κ3) is 6.82. The fourth-order valence-electron chi connectivity index (χ4n) is 4.67. The van der Waals surface area contributed by atoms with Crippen LogP contribution in [0.15, 0.2) is 28.8 Å². The monoisotopic (exact) mass is 456 g/mol. The largest absolute Gasteiger partial charge is 0.356 e. The van der Waals surface area contributed by atoms with Crippen molar-refractivity contribution < 1.29 is 9.32 Å². The molecule has 7 heteroatoms. The first-order valence-corrected chi connectivity index (χ1v) is 13.2. The summed E-state index contributed by atoms with van der Waals surface area (Å²) in [7, 11) is 0. The number of carbonyl (C=O) groups excluding carboxylic acids is 1. The van der Waals surface area contributed by atoms with Gasteiger partial charge in [0.05, 0.1) is 6.54 Å². The maximum atomic E-state index is 12.5. The lowest BCUT2D eigenvalue weighted by molar-refractivity contribution is -0.126. The van der Waals surface area contributed by atoms with Gasteiger partial charge in [-0.05, 0) is 63.9 Å². The van der Waals surface area contributed by atoms with Gasteiger partial charge in [0, 0.05) is 23.3 Å². The SMILES string of the molecule is Cc1cccc(-c2noc(CN3CCC(C(=O)NCCCSC4CCCCC4)CC3)n2)c1. The lowest BCUT2D eigenvalue weighted by atomic mass is 9.96. The zero-order valence-corrected chi connectivity index (χ0v) is 20.0. The maximum absolute atomic E-state index is 12.5. The van der Waals surface area contributed by atoms with Gasteiger partial charge in [-0.25, -0.2) is 0 Å². The molecular weight excluding hydrogens is 420 g/mol. The minimum absolute atomic E-state index is 0.128. The van der Waals surface area contributed by atoms with Crippen LogP contribution in [0, 0.1) is 12.8 Å². The number of aromatic nitrogens is 2. The Morgan fingerprint density at radius 1 is 1.19 bits per heavy atom. The van der Waals surface area contributed by atoms with E-state index in [0.717, 1.165) is 55.5 Å². The summed E-state index contributed by atoms with van der Waals surface area (Å²) in [5.41, 5.74) is 2.16. The molecule has 1 N–H and O–H groups in total. The molecule has 174 valence electrons. The normalized spacial score (nSPS) is 18.7. The van der Waals surface area contributed by atoms with Gasteiger partial charge in [-0.15, -0.1) is 0 Å². The minimum atomic E-state index is 0.128. The van der Waals surface area contributed by atoms with Crippen LogP contribution in [-0.2, 0) is 11.3 Å². The predicted octanol–water partition coefficient (Wildman–Crippen LogP) is 4.83. The Bertz CT molecular complexity index is 857. The summed E-state index contributed by atoms with van der Waals surface area (Å²) < 4.78 is 5.47. The van der Waals surface area contributed by atoms with Gasteiger partial charge in [0.15, 0.2) is 0 Å². The van der Waals surface area contributed by atoms with Gasteiger partial charge in [0.2, 0.25) is 17.6 Å². The third-order valence-electron chi connectivity index (χ3n) is 6.59. The molecule has 0 spiro atoms. The lowest BCUT2D eigenvalue weighted by Crippen LogP contribution is -2.40. The quantitative estimate of drug-likeness (QED) is 0.545. The van der Waals surface area contributed by atoms with Crippen molar-refractivity contribution >= 4 is 17.7 Å². The van der Waals surface area contributed by atoms with Crippen LogP contribution in [0.25, 0.3) is 11.4 Å². The van der Waals surface area contributed by atoms with Crippen LogP contribution in [0.4, 0.5) is 0 Å². The van der Waals surface area contributed by atoms with Gasteiger partial charge in [0.25, 0.3) is 0 Å². The van der Waals surface area contributed by atoms with Gasteiger partial charge >= 0.3 is 0 Å². The summed E-state index contributed by atoms with van der Waals surface area (Å²) in [6, 6.07) is 8.13. The summed E-state index contributed by atoms with van der Waals surface area (Å²) in [6.07, 6.45) is 9.82. The van der Waals surface area contributed by atoms with Crippen molar-refractivity contribution in [1.82, 2.24) is 20.4 Å². The second kappa shape index (κ2) is 11.8. The summed E-state index contributed by atoms with van der Waals surface area (Å²) >= 11 is 2.11. The Labute approximate surface area is 195 Å². The molecule has 1 aliphatic carbocycles. The average Bonchev–Trinajstić information content (AvgIpc) is 3.28. The minimum Gasteiger partial charge on any atom is -0.356 e. The average molecular weight is 457 g/mol. The van der Waals surface area contributed by atoms with Gasteiger partial charge in [0.1, 0.15) is 0 Å². The molecule has 2 heterocycles. The number of likely N-dealkylation sites (tertiary alicyclic amines) is 1. The van der Waals surface area contributed by atoms with Crippen molar-refractivity contribution in [3.63, 3.8) is 0 Å². The summed E-state index contributed by atoms with van der Waals surface area (Å²) in [6.45, 7) is 5.28. The standard InChI is InChI=1S/C25H36N4O2S/c1-19-7-5-8-21(17-19)24-27-23(31-28-24)18-29-14-11-20(12-15-29)25(30)26-13-6-16-32-22-9-3-2-4-10-22/h5,7-8,17,20,22H,2-4,6,9-16,18H2,1H3,(H,26,30). The van der Waals surface area contributed by atoms with Crippen molar-refractivity contribution in [2.75, 3.05) is 25.4 Å². The molecule has 0 radical (unpaired) electrons. The van der Waals surface area contributed by atoms with Gasteiger partial charge in [-0.2, -0.15) is 16.7 Å². The van der Waals surface area contributed by atoms with Crippen LogP contribution in [0.2, 0.25) is 0 Å². The Morgan fingerprint density at radius 3 is 2.78 bits per heavy atom. The Kier molecular flexibility index (Phi) is 8.62. The van der Waals surface area contributed by atoms with Crippen LogP contribution < -0.4 is 5.32 Å². The Morgan fingerprint density at radius 2 is 2.00 bits per heavy atom. The number of hydrogen-bond donors (Lipinski definition) is 1. The van der Waals surface area contributed by atoms with E-state index in [1.165, 1.54) is 37.7 Å². The van der Waals surface area contributed by atoms with Crippen molar-refractivity contribution in [1.29, 1.82) is 0 Å². The number of benzene rings is 1. The summed E-state index contributed by atoms with van der Waals surface area (Å²) in [5, 5.41) is 8.16. The third-order valence-corrected chi connectivity index (χ3v) is 8.05. The fraction of sp³-hybridized carbons (Fsp3) is 0.640. The molecule has 6 nitrogen and oxygen atoms in total. The Balaban J connectivity index is 1.12. The van der Waals surface area contributed by atoms with Crippen molar-refractivity contribution in [2.45, 2.75) is 70.1 Å². The molecule has 1 aromatic carbocycles. The van der Waals surface area contributed by atoms with Crippen molar-refractivity contribution in [2.24, 2.45) is 5.92 Å². The first-order valence-electron chi connectivity index (χ1n) is 12.2. The van der Waals surface area contributed by atoms with Crippen molar-refractivity contribution in [3.05, 3.63) is 35.7 Å². The van der Waals surface area contributed by atoms with E-state index in [-0.39, 0.29) is 11.8 Å². The van der Waals surface area contributed by atoms with E-state index >= 15 is 0 Å². The molecule has 32 heavy (non-hydrogen) atoms. The molecule has 2 aliphatic rings. The highest BCUT2D eigenvalue weighted by atomic mass is 32.2. The number of nitrogens with one attached hydrogen (secondary N) is 1. The highest BCUT2D eigenvalue weighted by Gasteiger charge is 2.26. The smallest absolute Gasteiger partial charge is 0.241 e. The highest BCUT2D eigenvalue weighted by Crippen LogP contribution is 2.28. The molecule has 1 saturated heterocycles. The number of amides is 1. The van der Waals surface area contributed by atoms with Crippen LogP contribution in [-0.4, -0.2) is 51.6 Å². The van der Waals surface area contributed by atoms with Gasteiger partial charge in [-0.3, -0.25) is 9.69 Å². The molecule has 2 fully saturated rings. The summed E-state index contributed by atoms with van der Waals surface area (Å²) in [5.74, 6) is 2.80. The topological polar surface area (TPSA) is 71.3 Å². The first kappa shape index (κ1) is 23.3. The molecule has 1 amide bonds. The Hall–Kier alpha value is -1.86. The molecule has 1 aliphatic heterocycles. The predicted molar refractivity (Wildman–Crippen MR) is 129 cm³/mol. The van der Waals surface area contributed by atoms with E-state index in [2.05, 4.69) is 51.2 Å². The van der Waals surface area contributed by atoms with Crippen molar-refractivity contribution in [3.8, 4) is 11.4 Å². The first-order chi connectivity index (χ1) is 15.7. The number of hydrogen-bond acceptors (Lipinski definition) is 6. The number of carbonyl (C=O) groups is 1. The second-order valence-corrected chi connectivity index (χ2v) is 10.6. The van der Waals surface area contributed by atoms with E-state index in [1.807, 2.05) is 12.1 Å². The molecule has 1 saturated carbocycles. The van der Waals surface area contributed by atoms with Crippen LogP contribution >= 0.6 is 11.8 Å². The number of nitrogens with zero attached hydrogens (tertiary/aromatic N) is 3. The molecule has 1 aromatic heterocycles. The second-order valence-electron chi connectivity index (χ2n) is 9.21. The number of rotatable bonds is 9. The van der Waals surface area contributed by atoms with E-state index in [1.54, 1.807) is 0 Å². The van der Waals surface area contributed by atoms with E-state index in [4.69, 9.17) is 4.52 Å². The number of thioether (sulfide) groups is 1. The van der Waals surface area contributed by atoms with E-state index < -0.39 is 0 Å². The molecule has 0 atom stereocenters. The van der Waals surface area contributed by atoms with E-state index in [0.29, 0.717) is 18.3 Å². The van der Waals surface area contributed by atoms with Crippen LogP contribution in [0.1, 0.15) is 62.8 Å². The molecule has 0 unspecified atom stereocenters. The molecule has 0 bridgehead atoms.